The van der Waals surface area contributed by atoms with Crippen LogP contribution in [-0.2, 0) is 0 Å². The molecular formula is C22H20ClN9O2. The summed E-state index contributed by atoms with van der Waals surface area (Å²) in [5, 5.41) is 15.8. The Kier molecular flexibility index (Phi) is 5.25. The van der Waals surface area contributed by atoms with Crippen LogP contribution in [0.25, 0.3) is 28.0 Å². The Bertz CT molecular complexity index is 1590. The lowest BCUT2D eigenvalue weighted by molar-refractivity contribution is 0.425. The van der Waals surface area contributed by atoms with Crippen LogP contribution >= 0.6 is 11.6 Å². The molecule has 0 radical (unpaired) electrons. The fourth-order valence-corrected chi connectivity index (χ4v) is 4.11. The third-order valence-electron chi connectivity index (χ3n) is 5.46. The quantitative estimate of drug-likeness (QED) is 0.344. The van der Waals surface area contributed by atoms with E-state index < -0.39 is 6.04 Å². The van der Waals surface area contributed by atoms with Crippen molar-refractivity contribution in [1.82, 2.24) is 34.9 Å². The summed E-state index contributed by atoms with van der Waals surface area (Å²) in [7, 11) is 0. The largest absolute Gasteiger partial charge is 0.383 e. The Labute approximate surface area is 198 Å². The van der Waals surface area contributed by atoms with Gasteiger partial charge < -0.3 is 15.6 Å². The summed E-state index contributed by atoms with van der Waals surface area (Å²) in [5.74, 6) is 1.68. The van der Waals surface area contributed by atoms with Crippen LogP contribution in [0.3, 0.4) is 0 Å². The molecule has 0 aliphatic heterocycles. The molecule has 4 N–H and O–H groups in total. The van der Waals surface area contributed by atoms with Crippen molar-refractivity contribution in [3.8, 4) is 17.3 Å². The molecule has 12 heteroatoms. The number of nitrogens with one attached hydrogen (secondary N) is 2. The maximum absolute atomic E-state index is 13.6. The number of H-pyrrole nitrogens is 1. The van der Waals surface area contributed by atoms with E-state index in [-0.39, 0.29) is 17.3 Å². The maximum Gasteiger partial charge on any atom is 0.266 e. The number of nitrogens with zero attached hydrogens (tertiary/aromatic N) is 6. The van der Waals surface area contributed by atoms with Gasteiger partial charge >= 0.3 is 0 Å². The molecule has 1 atom stereocenters. The smallest absolute Gasteiger partial charge is 0.266 e. The summed E-state index contributed by atoms with van der Waals surface area (Å²) in [6.45, 7) is 5.46. The first-order valence-electron chi connectivity index (χ1n) is 10.4. The first-order valence-corrected chi connectivity index (χ1v) is 10.8. The normalized spacial score (nSPS) is 12.2. The molecule has 0 spiro atoms. The number of anilines is 2. The van der Waals surface area contributed by atoms with E-state index >= 15 is 0 Å². The topological polar surface area (TPSA) is 153 Å². The fourth-order valence-electron chi connectivity index (χ4n) is 3.84. The van der Waals surface area contributed by atoms with Crippen molar-refractivity contribution in [2.45, 2.75) is 26.8 Å². The second kappa shape index (κ2) is 8.27. The Balaban J connectivity index is 1.68. The molecule has 5 aromatic rings. The minimum atomic E-state index is -0.427. The van der Waals surface area contributed by atoms with Crippen LogP contribution in [0.2, 0.25) is 5.02 Å². The molecule has 5 rings (SSSR count). The van der Waals surface area contributed by atoms with Crippen LogP contribution in [0.15, 0.2) is 46.1 Å². The minimum Gasteiger partial charge on any atom is -0.383 e. The fraction of sp³-hybridized carbons (Fsp3) is 0.182. The summed E-state index contributed by atoms with van der Waals surface area (Å²) in [6.07, 6.45) is 3.06. The summed E-state index contributed by atoms with van der Waals surface area (Å²) in [6, 6.07) is 6.81. The standard InChI is InChI=1S/C22H20ClN9O2/c1-10-8-27-30-20(10)32-15(7-13-5-4-6-14(23)16(13)22(32)33)11(2)28-19-17(18(24)25-9-26-19)21-29-12(3)31-34-21/h4-9,11H,1-3H3,(H,27,30)(H3,24,25,26,28). The molecule has 0 saturated carbocycles. The third kappa shape index (κ3) is 3.55. The van der Waals surface area contributed by atoms with E-state index in [1.165, 1.54) is 6.33 Å². The number of aromatic nitrogens is 7. The van der Waals surface area contributed by atoms with Crippen LogP contribution in [-0.4, -0.2) is 34.9 Å². The van der Waals surface area contributed by atoms with Gasteiger partial charge in [-0.15, -0.1) is 0 Å². The summed E-state index contributed by atoms with van der Waals surface area (Å²) < 4.78 is 6.84. The van der Waals surface area contributed by atoms with E-state index in [2.05, 4.69) is 35.6 Å². The Morgan fingerprint density at radius 1 is 1.26 bits per heavy atom. The average molecular weight is 478 g/mol. The molecule has 4 heterocycles. The number of fused-ring (bicyclic) bond motifs is 1. The number of hydrogen-bond acceptors (Lipinski definition) is 9. The maximum atomic E-state index is 13.6. The number of aromatic amines is 1. The van der Waals surface area contributed by atoms with Gasteiger partial charge in [0.15, 0.2) is 11.6 Å². The Hall–Kier alpha value is -4.25. The van der Waals surface area contributed by atoms with Crippen molar-refractivity contribution in [1.29, 1.82) is 0 Å². The predicted octanol–water partition coefficient (Wildman–Crippen LogP) is 3.58. The Morgan fingerprint density at radius 2 is 2.09 bits per heavy atom. The number of hydrogen-bond donors (Lipinski definition) is 3. The second-order valence-electron chi connectivity index (χ2n) is 7.80. The second-order valence-corrected chi connectivity index (χ2v) is 8.21. The molecule has 11 nitrogen and oxygen atoms in total. The van der Waals surface area contributed by atoms with E-state index in [1.807, 2.05) is 26.0 Å². The highest BCUT2D eigenvalue weighted by molar-refractivity contribution is 6.35. The number of rotatable bonds is 5. The number of nitrogens with two attached hydrogens (primary N) is 1. The van der Waals surface area contributed by atoms with Gasteiger partial charge in [0.25, 0.3) is 11.4 Å². The van der Waals surface area contributed by atoms with Gasteiger partial charge in [0.05, 0.1) is 22.1 Å². The highest BCUT2D eigenvalue weighted by Crippen LogP contribution is 2.32. The predicted molar refractivity (Wildman–Crippen MR) is 128 cm³/mol. The number of halogens is 1. The van der Waals surface area contributed by atoms with Crippen molar-refractivity contribution in [3.05, 3.63) is 69.2 Å². The highest BCUT2D eigenvalue weighted by atomic mass is 35.5. The molecular weight excluding hydrogens is 458 g/mol. The third-order valence-corrected chi connectivity index (χ3v) is 5.77. The molecule has 0 bridgehead atoms. The monoisotopic (exact) mass is 477 g/mol. The SMILES string of the molecule is Cc1noc(-c2c(N)ncnc2NC(C)c2cc3cccc(Cl)c3c(=O)n2-c2n[nH]cc2C)n1. The first-order chi connectivity index (χ1) is 16.3. The van der Waals surface area contributed by atoms with Gasteiger partial charge in [0.1, 0.15) is 23.5 Å². The summed E-state index contributed by atoms with van der Waals surface area (Å²) in [5.41, 5.74) is 7.65. The zero-order valence-electron chi connectivity index (χ0n) is 18.5. The number of nitrogen functional groups attached to an aromatic ring is 1. The lowest BCUT2D eigenvalue weighted by Gasteiger charge is -2.21. The van der Waals surface area contributed by atoms with Crippen LogP contribution in [0.4, 0.5) is 11.6 Å². The van der Waals surface area contributed by atoms with Crippen LogP contribution in [0, 0.1) is 13.8 Å². The van der Waals surface area contributed by atoms with Crippen LogP contribution in [0.1, 0.15) is 30.0 Å². The number of aryl methyl sites for hydroxylation is 2. The van der Waals surface area contributed by atoms with E-state index in [0.29, 0.717) is 44.5 Å². The summed E-state index contributed by atoms with van der Waals surface area (Å²) in [4.78, 5) is 26.3. The van der Waals surface area contributed by atoms with Gasteiger partial charge in [0.2, 0.25) is 0 Å². The lowest BCUT2D eigenvalue weighted by Crippen LogP contribution is -2.26. The van der Waals surface area contributed by atoms with Gasteiger partial charge in [-0.1, -0.05) is 28.9 Å². The van der Waals surface area contributed by atoms with Gasteiger partial charge in [-0.2, -0.15) is 10.1 Å². The molecule has 0 fully saturated rings. The molecule has 1 unspecified atom stereocenters. The molecule has 0 aliphatic rings. The Morgan fingerprint density at radius 3 is 2.79 bits per heavy atom. The molecule has 1 aromatic carbocycles. The first kappa shape index (κ1) is 21.6. The number of pyridine rings is 1. The summed E-state index contributed by atoms with van der Waals surface area (Å²) >= 11 is 6.39. The number of benzene rings is 1. The zero-order chi connectivity index (χ0) is 24.0. The van der Waals surface area contributed by atoms with Crippen molar-refractivity contribution in [2.24, 2.45) is 0 Å². The average Bonchev–Trinajstić information content (AvgIpc) is 3.41. The van der Waals surface area contributed by atoms with Gasteiger partial charge in [0, 0.05) is 11.8 Å². The molecule has 172 valence electrons. The molecule has 34 heavy (non-hydrogen) atoms. The zero-order valence-corrected chi connectivity index (χ0v) is 19.3. The van der Waals surface area contributed by atoms with E-state index in [4.69, 9.17) is 21.9 Å². The van der Waals surface area contributed by atoms with Crippen molar-refractivity contribution in [3.63, 3.8) is 0 Å². The van der Waals surface area contributed by atoms with Crippen LogP contribution in [0.5, 0.6) is 0 Å². The van der Waals surface area contributed by atoms with Crippen molar-refractivity contribution >= 4 is 34.0 Å². The molecule has 0 amide bonds. The van der Waals surface area contributed by atoms with E-state index in [1.54, 1.807) is 29.8 Å². The lowest BCUT2D eigenvalue weighted by atomic mass is 10.1. The van der Waals surface area contributed by atoms with Gasteiger partial charge in [-0.3, -0.25) is 14.5 Å². The van der Waals surface area contributed by atoms with Gasteiger partial charge in [-0.05, 0) is 38.3 Å². The minimum absolute atomic E-state index is 0.180. The molecule has 0 aliphatic carbocycles. The van der Waals surface area contributed by atoms with Crippen LogP contribution < -0.4 is 16.6 Å². The van der Waals surface area contributed by atoms with Crippen molar-refractivity contribution < 1.29 is 4.52 Å². The highest BCUT2D eigenvalue weighted by Gasteiger charge is 2.23. The molecule has 4 aromatic heterocycles. The van der Waals surface area contributed by atoms with Crippen molar-refractivity contribution in [2.75, 3.05) is 11.1 Å². The van der Waals surface area contributed by atoms with Gasteiger partial charge in [-0.25, -0.2) is 9.97 Å². The van der Waals surface area contributed by atoms with E-state index in [0.717, 1.165) is 5.56 Å². The van der Waals surface area contributed by atoms with E-state index in [9.17, 15) is 4.79 Å². The molecule has 0 saturated heterocycles.